The SMILES string of the molecule is CCCC(C)NCCOc1cc(C)c(Cl)cc1C(C)C. The summed E-state index contributed by atoms with van der Waals surface area (Å²) >= 11 is 6.20. The van der Waals surface area contributed by atoms with Crippen LogP contribution < -0.4 is 10.1 Å². The first kappa shape index (κ1) is 17.3. The van der Waals surface area contributed by atoms with Gasteiger partial charge in [-0.1, -0.05) is 38.8 Å². The molecule has 2 nitrogen and oxygen atoms in total. The van der Waals surface area contributed by atoms with E-state index in [2.05, 4.69) is 33.0 Å². The van der Waals surface area contributed by atoms with Gasteiger partial charge in [-0.3, -0.25) is 0 Å². The molecule has 0 amide bonds. The van der Waals surface area contributed by atoms with Crippen molar-refractivity contribution in [2.45, 2.75) is 59.4 Å². The van der Waals surface area contributed by atoms with Gasteiger partial charge in [-0.25, -0.2) is 0 Å². The van der Waals surface area contributed by atoms with Gasteiger partial charge in [0.05, 0.1) is 0 Å². The molecule has 1 aromatic rings. The summed E-state index contributed by atoms with van der Waals surface area (Å²) in [6, 6.07) is 4.64. The molecule has 3 heteroatoms. The minimum absolute atomic E-state index is 0.412. The zero-order chi connectivity index (χ0) is 15.1. The second kappa shape index (κ2) is 8.53. The van der Waals surface area contributed by atoms with Gasteiger partial charge in [0.2, 0.25) is 0 Å². The van der Waals surface area contributed by atoms with E-state index in [0.717, 1.165) is 22.9 Å². The molecule has 0 heterocycles. The predicted molar refractivity (Wildman–Crippen MR) is 88.1 cm³/mol. The van der Waals surface area contributed by atoms with Crippen LogP contribution >= 0.6 is 11.6 Å². The van der Waals surface area contributed by atoms with Crippen LogP contribution in [0, 0.1) is 6.92 Å². The zero-order valence-electron chi connectivity index (χ0n) is 13.4. The van der Waals surface area contributed by atoms with E-state index in [9.17, 15) is 0 Å². The fourth-order valence-corrected chi connectivity index (χ4v) is 2.42. The lowest BCUT2D eigenvalue weighted by Gasteiger charge is -2.17. The van der Waals surface area contributed by atoms with Crippen LogP contribution in [0.1, 0.15) is 57.6 Å². The van der Waals surface area contributed by atoms with Crippen LogP contribution in [0.5, 0.6) is 5.75 Å². The predicted octanol–water partition coefficient (Wildman–Crippen LogP) is 4.93. The topological polar surface area (TPSA) is 21.3 Å². The first-order valence-electron chi connectivity index (χ1n) is 7.61. The summed E-state index contributed by atoms with van der Waals surface area (Å²) in [5, 5.41) is 4.29. The van der Waals surface area contributed by atoms with Crippen molar-refractivity contribution in [1.82, 2.24) is 5.32 Å². The molecule has 0 aliphatic rings. The Labute approximate surface area is 128 Å². The fraction of sp³-hybridized carbons (Fsp3) is 0.647. The molecule has 1 atom stereocenters. The highest BCUT2D eigenvalue weighted by molar-refractivity contribution is 6.31. The lowest BCUT2D eigenvalue weighted by molar-refractivity contribution is 0.301. The minimum Gasteiger partial charge on any atom is -0.492 e. The minimum atomic E-state index is 0.412. The number of nitrogens with one attached hydrogen (secondary N) is 1. The smallest absolute Gasteiger partial charge is 0.123 e. The third-order valence-electron chi connectivity index (χ3n) is 3.49. The number of hydrogen-bond donors (Lipinski definition) is 1. The standard InChI is InChI=1S/C17H28ClNO/c1-6-7-14(5)19-8-9-20-17-10-13(4)16(18)11-15(17)12(2)3/h10-12,14,19H,6-9H2,1-5H3. The summed E-state index contributed by atoms with van der Waals surface area (Å²) in [7, 11) is 0. The molecule has 0 bridgehead atoms. The molecule has 20 heavy (non-hydrogen) atoms. The van der Waals surface area contributed by atoms with E-state index >= 15 is 0 Å². The fourth-order valence-electron chi connectivity index (χ4n) is 2.25. The van der Waals surface area contributed by atoms with E-state index in [-0.39, 0.29) is 0 Å². The number of benzene rings is 1. The molecule has 0 spiro atoms. The Hall–Kier alpha value is -0.730. The average Bonchev–Trinajstić information content (AvgIpc) is 2.38. The maximum absolute atomic E-state index is 6.20. The number of ether oxygens (including phenoxy) is 1. The van der Waals surface area contributed by atoms with Crippen molar-refractivity contribution in [1.29, 1.82) is 0 Å². The maximum atomic E-state index is 6.20. The van der Waals surface area contributed by atoms with Crippen LogP contribution in [-0.4, -0.2) is 19.2 Å². The Kier molecular flexibility index (Phi) is 7.39. The van der Waals surface area contributed by atoms with Gasteiger partial charge in [0.1, 0.15) is 12.4 Å². The number of rotatable bonds is 8. The van der Waals surface area contributed by atoms with Crippen molar-refractivity contribution in [3.63, 3.8) is 0 Å². The average molecular weight is 298 g/mol. The molecule has 0 aliphatic carbocycles. The van der Waals surface area contributed by atoms with Gasteiger partial charge in [-0.2, -0.15) is 0 Å². The molecule has 0 radical (unpaired) electrons. The molecule has 0 aliphatic heterocycles. The van der Waals surface area contributed by atoms with Crippen molar-refractivity contribution in [2.24, 2.45) is 0 Å². The summed E-state index contributed by atoms with van der Waals surface area (Å²) in [5.41, 5.74) is 2.25. The molecular weight excluding hydrogens is 270 g/mol. The largest absolute Gasteiger partial charge is 0.492 e. The van der Waals surface area contributed by atoms with Crippen molar-refractivity contribution in [3.8, 4) is 5.75 Å². The molecule has 114 valence electrons. The van der Waals surface area contributed by atoms with Crippen molar-refractivity contribution >= 4 is 11.6 Å². The highest BCUT2D eigenvalue weighted by Gasteiger charge is 2.11. The van der Waals surface area contributed by atoms with Gasteiger partial charge in [-0.05, 0) is 49.4 Å². The second-order valence-electron chi connectivity index (χ2n) is 5.79. The summed E-state index contributed by atoms with van der Waals surface area (Å²) in [6.07, 6.45) is 2.42. The summed E-state index contributed by atoms with van der Waals surface area (Å²) in [5.74, 6) is 1.38. The van der Waals surface area contributed by atoms with Crippen LogP contribution in [0.4, 0.5) is 0 Å². The van der Waals surface area contributed by atoms with Crippen LogP contribution in [-0.2, 0) is 0 Å². The molecule has 1 unspecified atom stereocenters. The van der Waals surface area contributed by atoms with E-state index in [1.54, 1.807) is 0 Å². The van der Waals surface area contributed by atoms with Gasteiger partial charge in [-0.15, -0.1) is 0 Å². The second-order valence-corrected chi connectivity index (χ2v) is 6.19. The van der Waals surface area contributed by atoms with Crippen LogP contribution in [0.15, 0.2) is 12.1 Å². The Morgan fingerprint density at radius 3 is 2.55 bits per heavy atom. The van der Waals surface area contributed by atoms with E-state index in [1.165, 1.54) is 18.4 Å². The third kappa shape index (κ3) is 5.34. The lowest BCUT2D eigenvalue weighted by Crippen LogP contribution is -2.30. The first-order chi connectivity index (χ1) is 9.45. The van der Waals surface area contributed by atoms with Crippen LogP contribution in [0.3, 0.4) is 0 Å². The van der Waals surface area contributed by atoms with E-state index < -0.39 is 0 Å². The highest BCUT2D eigenvalue weighted by atomic mass is 35.5. The van der Waals surface area contributed by atoms with Crippen molar-refractivity contribution in [2.75, 3.05) is 13.2 Å². The molecule has 1 rings (SSSR count). The third-order valence-corrected chi connectivity index (χ3v) is 3.89. The van der Waals surface area contributed by atoms with E-state index in [4.69, 9.17) is 16.3 Å². The van der Waals surface area contributed by atoms with Gasteiger partial charge in [0.15, 0.2) is 0 Å². The van der Waals surface area contributed by atoms with Crippen LogP contribution in [0.25, 0.3) is 0 Å². The van der Waals surface area contributed by atoms with Gasteiger partial charge in [0, 0.05) is 17.6 Å². The van der Waals surface area contributed by atoms with Gasteiger partial charge >= 0.3 is 0 Å². The normalized spacial score (nSPS) is 12.8. The van der Waals surface area contributed by atoms with E-state index in [0.29, 0.717) is 18.6 Å². The Bertz CT molecular complexity index is 418. The van der Waals surface area contributed by atoms with Crippen molar-refractivity contribution < 1.29 is 4.74 Å². The Morgan fingerprint density at radius 2 is 1.95 bits per heavy atom. The molecule has 0 aromatic heterocycles. The van der Waals surface area contributed by atoms with Crippen molar-refractivity contribution in [3.05, 3.63) is 28.3 Å². The summed E-state index contributed by atoms with van der Waals surface area (Å²) in [4.78, 5) is 0. The molecule has 0 saturated carbocycles. The molecular formula is C17H28ClNO. The summed E-state index contributed by atoms with van der Waals surface area (Å²) < 4.78 is 5.94. The lowest BCUT2D eigenvalue weighted by atomic mass is 10.0. The molecule has 0 saturated heterocycles. The van der Waals surface area contributed by atoms with Crippen LogP contribution in [0.2, 0.25) is 5.02 Å². The summed E-state index contributed by atoms with van der Waals surface area (Å²) in [6.45, 7) is 12.3. The molecule has 0 fully saturated rings. The Balaban J connectivity index is 2.57. The highest BCUT2D eigenvalue weighted by Crippen LogP contribution is 2.31. The number of halogens is 1. The first-order valence-corrected chi connectivity index (χ1v) is 7.99. The molecule has 1 N–H and O–H groups in total. The molecule has 1 aromatic carbocycles. The van der Waals surface area contributed by atoms with E-state index in [1.807, 2.05) is 19.1 Å². The monoisotopic (exact) mass is 297 g/mol. The van der Waals surface area contributed by atoms with Gasteiger partial charge in [0.25, 0.3) is 0 Å². The number of aryl methyl sites for hydroxylation is 1. The Morgan fingerprint density at radius 1 is 1.25 bits per heavy atom. The van der Waals surface area contributed by atoms with Gasteiger partial charge < -0.3 is 10.1 Å². The quantitative estimate of drug-likeness (QED) is 0.687. The number of hydrogen-bond acceptors (Lipinski definition) is 2. The zero-order valence-corrected chi connectivity index (χ0v) is 14.2. The maximum Gasteiger partial charge on any atom is 0.123 e.